The number of carbonyl (C=O) groups excluding carboxylic acids is 2. The van der Waals surface area contributed by atoms with Crippen LogP contribution in [0.4, 0.5) is 0 Å². The largest absolute Gasteiger partial charge is 0.359 e. The van der Waals surface area contributed by atoms with Crippen LogP contribution in [0.3, 0.4) is 0 Å². The van der Waals surface area contributed by atoms with Gasteiger partial charge in [-0.2, -0.15) is 0 Å². The summed E-state index contributed by atoms with van der Waals surface area (Å²) in [5.74, 6) is 0.199. The Bertz CT molecular complexity index is 392. The average Bonchev–Trinajstić information content (AvgIpc) is 2.36. The number of benzene rings is 1. The first kappa shape index (κ1) is 11.6. The number of likely N-dealkylation sites (tertiary alicyclic amines) is 1. The van der Waals surface area contributed by atoms with E-state index in [1.54, 1.807) is 0 Å². The van der Waals surface area contributed by atoms with Crippen molar-refractivity contribution in [1.29, 1.82) is 0 Å². The predicted octanol–water partition coefficient (Wildman–Crippen LogP) is 0.924. The van der Waals surface area contributed by atoms with Crippen LogP contribution in [-0.2, 0) is 16.1 Å². The van der Waals surface area contributed by atoms with Gasteiger partial charge in [0.05, 0.1) is 0 Å². The van der Waals surface area contributed by atoms with E-state index >= 15 is 0 Å². The summed E-state index contributed by atoms with van der Waals surface area (Å²) < 4.78 is 0. The minimum atomic E-state index is 0.199. The van der Waals surface area contributed by atoms with Crippen LogP contribution in [0, 0.1) is 0 Å². The lowest BCUT2D eigenvalue weighted by Crippen LogP contribution is -2.52. The molecule has 0 aliphatic carbocycles. The Labute approximate surface area is 101 Å². The van der Waals surface area contributed by atoms with E-state index in [0.29, 0.717) is 25.9 Å². The summed E-state index contributed by atoms with van der Waals surface area (Å²) in [6.07, 6.45) is 2.13. The number of amides is 2. The lowest BCUT2D eigenvalue weighted by atomic mass is 9.97. The van der Waals surface area contributed by atoms with Crippen LogP contribution in [0.2, 0.25) is 0 Å². The zero-order valence-electron chi connectivity index (χ0n) is 9.63. The molecule has 0 spiro atoms. The molecule has 1 N–H and O–H groups in total. The van der Waals surface area contributed by atoms with E-state index in [-0.39, 0.29) is 11.9 Å². The van der Waals surface area contributed by atoms with Gasteiger partial charge in [0, 0.05) is 25.6 Å². The van der Waals surface area contributed by atoms with Crippen molar-refractivity contribution in [2.45, 2.75) is 25.4 Å². The van der Waals surface area contributed by atoms with Crippen molar-refractivity contribution in [3.8, 4) is 0 Å². The summed E-state index contributed by atoms with van der Waals surface area (Å²) in [7, 11) is 0. The van der Waals surface area contributed by atoms with Gasteiger partial charge in [-0.3, -0.25) is 9.59 Å². The maximum atomic E-state index is 11.5. The highest BCUT2D eigenvalue weighted by molar-refractivity contribution is 5.83. The van der Waals surface area contributed by atoms with Crippen molar-refractivity contribution >= 4 is 12.3 Å². The van der Waals surface area contributed by atoms with Gasteiger partial charge in [0.25, 0.3) is 0 Å². The minimum Gasteiger partial charge on any atom is -0.359 e. The molecular weight excluding hydrogens is 216 g/mol. The first-order chi connectivity index (χ1) is 8.31. The number of nitrogens with zero attached hydrogens (tertiary/aromatic N) is 1. The first-order valence-corrected chi connectivity index (χ1v) is 5.81. The van der Waals surface area contributed by atoms with E-state index in [2.05, 4.69) is 5.32 Å². The highest BCUT2D eigenvalue weighted by atomic mass is 16.2. The summed E-state index contributed by atoms with van der Waals surface area (Å²) in [5.41, 5.74) is 1.15. The van der Waals surface area contributed by atoms with E-state index < -0.39 is 0 Å². The summed E-state index contributed by atoms with van der Waals surface area (Å²) >= 11 is 0. The molecule has 1 aromatic rings. The van der Waals surface area contributed by atoms with Gasteiger partial charge in [0.15, 0.2) is 0 Å². The SMILES string of the molecule is O=CNCC[C@@H]1CC(=O)N1Cc1ccccc1. The van der Waals surface area contributed by atoms with Crippen LogP contribution in [-0.4, -0.2) is 29.8 Å². The fourth-order valence-corrected chi connectivity index (χ4v) is 2.08. The molecule has 1 aliphatic rings. The molecule has 4 nitrogen and oxygen atoms in total. The summed E-state index contributed by atoms with van der Waals surface area (Å²) in [5, 5.41) is 2.63. The Morgan fingerprint density at radius 1 is 1.35 bits per heavy atom. The standard InChI is InChI=1S/C13H16N2O2/c16-10-14-7-6-12-8-13(17)15(12)9-11-4-2-1-3-5-11/h1-5,10,12H,6-9H2,(H,14,16)/t12-/m1/s1. The Balaban J connectivity index is 1.86. The normalized spacial score (nSPS) is 18.7. The minimum absolute atomic E-state index is 0.199. The van der Waals surface area contributed by atoms with Crippen LogP contribution in [0.1, 0.15) is 18.4 Å². The van der Waals surface area contributed by atoms with Gasteiger partial charge >= 0.3 is 0 Å². The molecule has 1 atom stereocenters. The zero-order valence-corrected chi connectivity index (χ0v) is 9.63. The van der Waals surface area contributed by atoms with Crippen LogP contribution in [0.25, 0.3) is 0 Å². The van der Waals surface area contributed by atoms with Gasteiger partial charge in [-0.15, -0.1) is 0 Å². The maximum Gasteiger partial charge on any atom is 0.225 e. The predicted molar refractivity (Wildman–Crippen MR) is 64.1 cm³/mol. The van der Waals surface area contributed by atoms with Crippen molar-refractivity contribution in [3.63, 3.8) is 0 Å². The lowest BCUT2D eigenvalue weighted by molar-refractivity contribution is -0.147. The summed E-state index contributed by atoms with van der Waals surface area (Å²) in [6, 6.07) is 10.2. The third kappa shape index (κ3) is 2.84. The quantitative estimate of drug-likeness (QED) is 0.450. The third-order valence-corrected chi connectivity index (χ3v) is 3.07. The molecule has 0 unspecified atom stereocenters. The Hall–Kier alpha value is -1.84. The molecule has 1 aromatic carbocycles. The van der Waals surface area contributed by atoms with Gasteiger partial charge < -0.3 is 10.2 Å². The highest BCUT2D eigenvalue weighted by Gasteiger charge is 2.34. The van der Waals surface area contributed by atoms with E-state index in [1.165, 1.54) is 0 Å². The topological polar surface area (TPSA) is 49.4 Å². The van der Waals surface area contributed by atoms with Crippen molar-refractivity contribution in [3.05, 3.63) is 35.9 Å². The summed E-state index contributed by atoms with van der Waals surface area (Å²) in [6.45, 7) is 1.30. The summed E-state index contributed by atoms with van der Waals surface area (Å²) in [4.78, 5) is 23.5. The van der Waals surface area contributed by atoms with Crippen LogP contribution >= 0.6 is 0 Å². The molecule has 1 aliphatic heterocycles. The Kier molecular flexibility index (Phi) is 3.75. The number of hydrogen-bond donors (Lipinski definition) is 1. The molecule has 17 heavy (non-hydrogen) atoms. The fourth-order valence-electron chi connectivity index (χ4n) is 2.08. The molecule has 1 fully saturated rings. The molecule has 1 heterocycles. The molecule has 0 bridgehead atoms. The average molecular weight is 232 g/mol. The second-order valence-electron chi connectivity index (χ2n) is 4.23. The number of nitrogens with one attached hydrogen (secondary N) is 1. The second-order valence-corrected chi connectivity index (χ2v) is 4.23. The first-order valence-electron chi connectivity index (χ1n) is 5.81. The molecule has 0 saturated carbocycles. The van der Waals surface area contributed by atoms with E-state index in [0.717, 1.165) is 12.0 Å². The molecule has 4 heteroatoms. The van der Waals surface area contributed by atoms with Crippen LogP contribution in [0.15, 0.2) is 30.3 Å². The van der Waals surface area contributed by atoms with Crippen LogP contribution in [0.5, 0.6) is 0 Å². The van der Waals surface area contributed by atoms with Gasteiger partial charge in [-0.1, -0.05) is 30.3 Å². The Morgan fingerprint density at radius 3 is 2.76 bits per heavy atom. The third-order valence-electron chi connectivity index (χ3n) is 3.07. The van der Waals surface area contributed by atoms with Gasteiger partial charge in [0.1, 0.15) is 0 Å². The number of hydrogen-bond acceptors (Lipinski definition) is 2. The maximum absolute atomic E-state index is 11.5. The van der Waals surface area contributed by atoms with Crippen molar-refractivity contribution < 1.29 is 9.59 Å². The number of rotatable bonds is 6. The monoisotopic (exact) mass is 232 g/mol. The number of carbonyl (C=O) groups is 2. The highest BCUT2D eigenvalue weighted by Crippen LogP contribution is 2.24. The van der Waals surface area contributed by atoms with Crippen molar-refractivity contribution in [2.24, 2.45) is 0 Å². The smallest absolute Gasteiger partial charge is 0.225 e. The van der Waals surface area contributed by atoms with Crippen molar-refractivity contribution in [2.75, 3.05) is 6.54 Å². The van der Waals surface area contributed by atoms with Gasteiger partial charge in [0.2, 0.25) is 12.3 Å². The lowest BCUT2D eigenvalue weighted by Gasteiger charge is -2.40. The van der Waals surface area contributed by atoms with E-state index in [4.69, 9.17) is 0 Å². The molecule has 2 amide bonds. The molecule has 0 aromatic heterocycles. The van der Waals surface area contributed by atoms with Gasteiger partial charge in [-0.05, 0) is 12.0 Å². The molecule has 2 rings (SSSR count). The molecular formula is C13H16N2O2. The van der Waals surface area contributed by atoms with Gasteiger partial charge in [-0.25, -0.2) is 0 Å². The van der Waals surface area contributed by atoms with Crippen molar-refractivity contribution in [1.82, 2.24) is 10.2 Å². The zero-order chi connectivity index (χ0) is 12.1. The molecule has 0 radical (unpaired) electrons. The molecule has 1 saturated heterocycles. The van der Waals surface area contributed by atoms with Crippen LogP contribution < -0.4 is 5.32 Å². The second kappa shape index (κ2) is 5.48. The van der Waals surface area contributed by atoms with E-state index in [9.17, 15) is 9.59 Å². The fraction of sp³-hybridized carbons (Fsp3) is 0.385. The Morgan fingerprint density at radius 2 is 2.12 bits per heavy atom. The van der Waals surface area contributed by atoms with E-state index in [1.807, 2.05) is 35.2 Å². The molecule has 90 valence electrons. The number of β-lactam (4-membered cyclic amide) rings is 1.